The number of halogens is 1. The minimum atomic E-state index is -0.227. The van der Waals surface area contributed by atoms with Crippen LogP contribution in [0.3, 0.4) is 0 Å². The van der Waals surface area contributed by atoms with E-state index in [-0.39, 0.29) is 17.7 Å². The molecule has 1 N–H and O–H groups in total. The lowest BCUT2D eigenvalue weighted by molar-refractivity contribution is -0.117. The van der Waals surface area contributed by atoms with E-state index in [0.29, 0.717) is 23.2 Å². The number of carbonyl (C=O) groups is 1. The first-order valence-electron chi connectivity index (χ1n) is 7.22. The summed E-state index contributed by atoms with van der Waals surface area (Å²) in [5, 5.41) is 13.6. The highest BCUT2D eigenvalue weighted by Crippen LogP contribution is 2.38. The van der Waals surface area contributed by atoms with Crippen LogP contribution in [-0.2, 0) is 4.79 Å². The van der Waals surface area contributed by atoms with Gasteiger partial charge in [0.25, 0.3) is 0 Å². The third-order valence-electron chi connectivity index (χ3n) is 3.93. The molecule has 0 saturated heterocycles. The number of pyridine rings is 2. The molecule has 1 saturated carbocycles. The van der Waals surface area contributed by atoms with Crippen molar-refractivity contribution in [2.24, 2.45) is 11.8 Å². The summed E-state index contributed by atoms with van der Waals surface area (Å²) in [5.74, 6) is 0.585. The van der Waals surface area contributed by atoms with Gasteiger partial charge in [-0.2, -0.15) is 5.26 Å². The largest absolute Gasteiger partial charge is 0.407 e. The van der Waals surface area contributed by atoms with Crippen molar-refractivity contribution in [1.82, 2.24) is 9.97 Å². The zero-order chi connectivity index (χ0) is 16.6. The molecule has 3 rings (SSSR count). The van der Waals surface area contributed by atoms with E-state index in [9.17, 15) is 4.79 Å². The molecule has 2 aromatic heterocycles. The minimum Gasteiger partial charge on any atom is -0.407 e. The number of hydrogen-bond acceptors (Lipinski definition) is 5. The molecule has 6 nitrogen and oxygen atoms in total. The van der Waals surface area contributed by atoms with E-state index in [4.69, 9.17) is 16.9 Å². The van der Waals surface area contributed by atoms with Crippen LogP contribution in [0.4, 0.5) is 11.6 Å². The maximum absolute atomic E-state index is 12.0. The fraction of sp³-hybridized carbons (Fsp3) is 0.333. The van der Waals surface area contributed by atoms with Gasteiger partial charge in [0, 0.05) is 11.6 Å². The number of fused-ring (bicyclic) bond motifs is 1. The summed E-state index contributed by atoms with van der Waals surface area (Å²) in [6.45, 7) is 1.90. The summed E-state index contributed by atoms with van der Waals surface area (Å²) < 4.78 is 0. The Morgan fingerprint density at radius 1 is 1.57 bits per heavy atom. The minimum absolute atomic E-state index is 0.164. The number of anilines is 2. The van der Waals surface area contributed by atoms with E-state index in [0.717, 1.165) is 10.8 Å². The second kappa shape index (κ2) is 6.05. The average molecular weight is 327 g/mol. The lowest BCUT2D eigenvalue weighted by atomic mass is 9.96. The van der Waals surface area contributed by atoms with Crippen LogP contribution < -0.4 is 10.1 Å². The van der Waals surface area contributed by atoms with Gasteiger partial charge < -0.3 is 10.1 Å². The van der Waals surface area contributed by atoms with Crippen molar-refractivity contribution in [2.75, 3.05) is 17.2 Å². The van der Waals surface area contributed by atoms with E-state index < -0.39 is 0 Å². The van der Waals surface area contributed by atoms with E-state index in [1.54, 1.807) is 18.3 Å². The van der Waals surface area contributed by atoms with Gasteiger partial charge in [0.2, 0.25) is 13.3 Å². The molecule has 8 heteroatoms. The highest BCUT2D eigenvalue weighted by Gasteiger charge is 2.43. The monoisotopic (exact) mass is 326 g/mol. The first-order valence-corrected chi connectivity index (χ1v) is 7.60. The van der Waals surface area contributed by atoms with Crippen molar-refractivity contribution in [2.45, 2.75) is 13.2 Å². The summed E-state index contributed by atoms with van der Waals surface area (Å²) in [6.07, 6.45) is 2.28. The molecule has 1 radical (unpaired) electrons. The second-order valence-electron chi connectivity index (χ2n) is 5.50. The molecule has 2 heterocycles. The molecule has 0 aliphatic heterocycles. The molecule has 1 aliphatic carbocycles. The summed E-state index contributed by atoms with van der Waals surface area (Å²) in [5.41, 5.74) is 0. The fourth-order valence-electron chi connectivity index (χ4n) is 2.41. The molecule has 0 aromatic carbocycles. The lowest BCUT2D eigenvalue weighted by Crippen LogP contribution is -2.21. The molecule has 2 aromatic rings. The van der Waals surface area contributed by atoms with Crippen LogP contribution in [0.15, 0.2) is 18.3 Å². The molecule has 0 bridgehead atoms. The number of aromatic nitrogens is 2. The number of nitriles is 1. The van der Waals surface area contributed by atoms with Gasteiger partial charge in [0.1, 0.15) is 16.8 Å². The Bertz CT molecular complexity index is 821. The average Bonchev–Trinajstić information content (AvgIpc) is 3.32. The van der Waals surface area contributed by atoms with Crippen molar-refractivity contribution in [3.05, 3.63) is 23.5 Å². The molecule has 23 heavy (non-hydrogen) atoms. The quantitative estimate of drug-likeness (QED) is 0.689. The summed E-state index contributed by atoms with van der Waals surface area (Å²) in [7, 11) is 3.76. The molecule has 1 aliphatic rings. The standard InChI is InChI=1S/C15H14BClN5O/c1-16-22(2)14-11-7-19-13(5-8(11)4-12(17)20-14)21-15(23)10-3-9(10)6-18/h4-5,7,9-10H,3H2,1-2H3,(H,19,21,23)/t9?,10-/m1/s1. The first kappa shape index (κ1) is 15.6. The number of hydrogen-bond donors (Lipinski definition) is 1. The number of rotatable bonds is 4. The zero-order valence-corrected chi connectivity index (χ0v) is 13.5. The Labute approximate surface area is 139 Å². The van der Waals surface area contributed by atoms with Gasteiger partial charge in [-0.15, -0.1) is 0 Å². The van der Waals surface area contributed by atoms with Crippen molar-refractivity contribution in [1.29, 1.82) is 5.26 Å². The molecule has 1 fully saturated rings. The van der Waals surface area contributed by atoms with Crippen molar-refractivity contribution in [3.8, 4) is 6.07 Å². The van der Waals surface area contributed by atoms with Crippen LogP contribution in [0, 0.1) is 23.2 Å². The molecule has 1 amide bonds. The molecule has 2 atom stereocenters. The topological polar surface area (TPSA) is 81.9 Å². The number of nitrogens with one attached hydrogen (secondary N) is 1. The second-order valence-corrected chi connectivity index (χ2v) is 5.88. The molecular weight excluding hydrogens is 312 g/mol. The number of carbonyl (C=O) groups excluding carboxylic acids is 1. The molecule has 1 unspecified atom stereocenters. The SMILES string of the molecule is C[B]N(C)c1nc(Cl)cc2cc(NC(=O)[C@@H]3CC3C#N)ncc12. The Balaban J connectivity index is 1.90. The van der Waals surface area contributed by atoms with E-state index in [2.05, 4.69) is 21.4 Å². The van der Waals surface area contributed by atoms with Crippen LogP contribution in [-0.4, -0.2) is 30.3 Å². The summed E-state index contributed by atoms with van der Waals surface area (Å²) in [6, 6.07) is 5.60. The van der Waals surface area contributed by atoms with Crippen molar-refractivity contribution in [3.63, 3.8) is 0 Å². The Kier molecular flexibility index (Phi) is 4.10. The van der Waals surface area contributed by atoms with E-state index in [1.807, 2.05) is 26.1 Å². The third-order valence-corrected chi connectivity index (χ3v) is 4.12. The highest BCUT2D eigenvalue weighted by molar-refractivity contribution is 6.40. The van der Waals surface area contributed by atoms with Crippen molar-refractivity contribution < 1.29 is 4.79 Å². The Morgan fingerprint density at radius 3 is 3.00 bits per heavy atom. The summed E-state index contributed by atoms with van der Waals surface area (Å²) in [4.78, 5) is 22.5. The maximum atomic E-state index is 12.0. The van der Waals surface area contributed by atoms with Gasteiger partial charge in [-0.3, -0.25) is 4.79 Å². The van der Waals surface area contributed by atoms with Crippen LogP contribution >= 0.6 is 11.6 Å². The number of nitrogens with zero attached hydrogens (tertiary/aromatic N) is 4. The highest BCUT2D eigenvalue weighted by atomic mass is 35.5. The predicted molar refractivity (Wildman–Crippen MR) is 90.4 cm³/mol. The van der Waals surface area contributed by atoms with Gasteiger partial charge in [-0.05, 0) is 31.0 Å². The smallest absolute Gasteiger partial charge is 0.244 e. The predicted octanol–water partition coefficient (Wildman–Crippen LogP) is 2.48. The van der Waals surface area contributed by atoms with Gasteiger partial charge >= 0.3 is 0 Å². The third kappa shape index (κ3) is 3.08. The van der Waals surface area contributed by atoms with Crippen LogP contribution in [0.1, 0.15) is 6.42 Å². The first-order chi connectivity index (χ1) is 11.0. The summed E-state index contributed by atoms with van der Waals surface area (Å²) >= 11 is 6.09. The van der Waals surface area contributed by atoms with Gasteiger partial charge in [-0.25, -0.2) is 9.97 Å². The lowest BCUT2D eigenvalue weighted by Gasteiger charge is -2.18. The Morgan fingerprint density at radius 2 is 2.35 bits per heavy atom. The molecule has 0 spiro atoms. The van der Waals surface area contributed by atoms with Crippen molar-refractivity contribution >= 4 is 47.3 Å². The fourth-order valence-corrected chi connectivity index (χ4v) is 2.60. The zero-order valence-electron chi connectivity index (χ0n) is 12.7. The normalized spacial score (nSPS) is 19.0. The Hall–Kier alpha value is -2.33. The molecule has 115 valence electrons. The van der Waals surface area contributed by atoms with Gasteiger partial charge in [-0.1, -0.05) is 18.4 Å². The van der Waals surface area contributed by atoms with Crippen LogP contribution in [0.25, 0.3) is 10.8 Å². The van der Waals surface area contributed by atoms with Gasteiger partial charge in [0.15, 0.2) is 0 Å². The van der Waals surface area contributed by atoms with E-state index >= 15 is 0 Å². The molecular formula is C15H14BClN5O. The van der Waals surface area contributed by atoms with E-state index in [1.165, 1.54) is 0 Å². The number of amides is 1. The van der Waals surface area contributed by atoms with Gasteiger partial charge in [0.05, 0.1) is 17.9 Å². The van der Waals surface area contributed by atoms with Crippen LogP contribution in [0.5, 0.6) is 0 Å². The maximum Gasteiger partial charge on any atom is 0.244 e. The van der Waals surface area contributed by atoms with Crippen LogP contribution in [0.2, 0.25) is 12.0 Å².